The van der Waals surface area contributed by atoms with Gasteiger partial charge in [-0.05, 0) is 43.5 Å². The first-order valence-electron chi connectivity index (χ1n) is 11.4. The van der Waals surface area contributed by atoms with Gasteiger partial charge in [0.2, 0.25) is 11.7 Å². The molecule has 0 bridgehead atoms. The van der Waals surface area contributed by atoms with Gasteiger partial charge in [0.05, 0.1) is 29.4 Å². The number of halogens is 4. The molecule has 0 radical (unpaired) electrons. The van der Waals surface area contributed by atoms with Crippen LogP contribution in [0, 0.1) is 5.82 Å². The molecule has 1 aromatic carbocycles. The molecule has 2 aromatic heterocycles. The summed E-state index contributed by atoms with van der Waals surface area (Å²) in [6, 6.07) is 9.22. The highest BCUT2D eigenvalue weighted by molar-refractivity contribution is 5.77. The number of hydrogen-bond acceptors (Lipinski definition) is 5. The van der Waals surface area contributed by atoms with Gasteiger partial charge in [-0.1, -0.05) is 12.1 Å². The van der Waals surface area contributed by atoms with Crippen LogP contribution in [-0.2, 0) is 17.5 Å². The first-order chi connectivity index (χ1) is 16.6. The van der Waals surface area contributed by atoms with Crippen molar-refractivity contribution in [3.8, 4) is 0 Å². The molecule has 7 nitrogen and oxygen atoms in total. The summed E-state index contributed by atoms with van der Waals surface area (Å²) in [6.45, 7) is 0.951. The summed E-state index contributed by atoms with van der Waals surface area (Å²) >= 11 is 0. The first-order valence-corrected chi connectivity index (χ1v) is 11.4. The van der Waals surface area contributed by atoms with Crippen molar-refractivity contribution in [2.75, 3.05) is 31.6 Å². The number of hydrogen-bond donors (Lipinski definition) is 1. The van der Waals surface area contributed by atoms with Crippen LogP contribution in [-0.4, -0.2) is 62.7 Å². The van der Waals surface area contributed by atoms with Gasteiger partial charge in [-0.3, -0.25) is 4.79 Å². The Morgan fingerprint density at radius 1 is 1.23 bits per heavy atom. The van der Waals surface area contributed by atoms with Crippen LogP contribution >= 0.6 is 0 Å². The lowest BCUT2D eigenvalue weighted by molar-refractivity contribution is -0.147. The van der Waals surface area contributed by atoms with Crippen LogP contribution in [0.2, 0.25) is 0 Å². The fourth-order valence-electron chi connectivity index (χ4n) is 4.62. The molecule has 1 fully saturated rings. The number of likely N-dealkylation sites (N-methyl/N-ethyl adjacent to an activating group) is 1. The van der Waals surface area contributed by atoms with E-state index >= 15 is 0 Å². The molecule has 3 aromatic rings. The van der Waals surface area contributed by atoms with Gasteiger partial charge in [-0.15, -0.1) is 0 Å². The van der Waals surface area contributed by atoms with Crippen molar-refractivity contribution >= 4 is 22.8 Å². The van der Waals surface area contributed by atoms with Gasteiger partial charge < -0.3 is 19.5 Å². The molecule has 1 N–H and O–H groups in total. The Labute approximate surface area is 200 Å². The Morgan fingerprint density at radius 3 is 2.71 bits per heavy atom. The van der Waals surface area contributed by atoms with Crippen molar-refractivity contribution in [1.29, 1.82) is 0 Å². The Morgan fingerprint density at radius 2 is 2.00 bits per heavy atom. The SMILES string of the molecule is CN(C[C@]1(O)CCCN(c2ccc(F)cn2)C1)C(=O)CCCn1c(C(F)(F)F)nc2ccccc21. The third-order valence-electron chi connectivity index (χ3n) is 6.23. The van der Waals surface area contributed by atoms with Crippen molar-refractivity contribution in [3.63, 3.8) is 0 Å². The van der Waals surface area contributed by atoms with E-state index in [0.717, 1.165) is 10.8 Å². The standard InChI is InChI=1S/C24H27F4N5O2/c1-31(15-23(35)11-5-12-32(16-23)20-10-9-17(25)14-29-20)21(34)8-4-13-33-19-7-3-2-6-18(19)30-22(33)24(26,27)28/h2-3,6-7,9-10,14,35H,4-5,8,11-13,15-16H2,1H3/t23-/m1/s1. The van der Waals surface area contributed by atoms with E-state index in [1.165, 1.54) is 17.0 Å². The zero-order valence-electron chi connectivity index (χ0n) is 19.3. The number of alkyl halides is 3. The molecule has 188 valence electrons. The van der Waals surface area contributed by atoms with E-state index in [4.69, 9.17) is 0 Å². The summed E-state index contributed by atoms with van der Waals surface area (Å²) in [5.41, 5.74) is -0.558. The number of pyridine rings is 1. The molecule has 0 unspecified atom stereocenters. The van der Waals surface area contributed by atoms with Crippen LogP contribution in [0.1, 0.15) is 31.5 Å². The average Bonchev–Trinajstić information content (AvgIpc) is 3.18. The number of aromatic nitrogens is 3. The highest BCUT2D eigenvalue weighted by atomic mass is 19.4. The minimum Gasteiger partial charge on any atom is -0.386 e. The summed E-state index contributed by atoms with van der Waals surface area (Å²) in [4.78, 5) is 23.8. The number of nitrogens with zero attached hydrogens (tertiary/aromatic N) is 5. The molecule has 1 atom stereocenters. The van der Waals surface area contributed by atoms with Crippen molar-refractivity contribution in [1.82, 2.24) is 19.4 Å². The van der Waals surface area contributed by atoms with E-state index in [9.17, 15) is 27.5 Å². The molecule has 0 saturated carbocycles. The topological polar surface area (TPSA) is 74.5 Å². The molecular formula is C24H27F4N5O2. The van der Waals surface area contributed by atoms with Crippen molar-refractivity contribution in [2.24, 2.45) is 0 Å². The lowest BCUT2D eigenvalue weighted by Crippen LogP contribution is -2.54. The number of aryl methyl sites for hydroxylation is 1. The van der Waals surface area contributed by atoms with Crippen molar-refractivity contribution < 1.29 is 27.5 Å². The molecule has 3 heterocycles. The number of para-hydroxylation sites is 2. The maximum Gasteiger partial charge on any atom is 0.449 e. The summed E-state index contributed by atoms with van der Waals surface area (Å²) in [5, 5.41) is 11.1. The Balaban J connectivity index is 1.36. The van der Waals surface area contributed by atoms with Gasteiger partial charge >= 0.3 is 6.18 Å². The zero-order chi connectivity index (χ0) is 25.2. The molecule has 35 heavy (non-hydrogen) atoms. The number of β-amino-alcohol motifs (C(OH)–C–C–N with tert-alkyl or cyclic N) is 1. The van der Waals surface area contributed by atoms with E-state index in [1.807, 2.05) is 4.90 Å². The summed E-state index contributed by atoms with van der Waals surface area (Å²) in [6.07, 6.45) is -2.11. The lowest BCUT2D eigenvalue weighted by Gasteiger charge is -2.41. The van der Waals surface area contributed by atoms with E-state index in [2.05, 4.69) is 9.97 Å². The monoisotopic (exact) mass is 493 g/mol. The van der Waals surface area contributed by atoms with E-state index in [0.29, 0.717) is 30.7 Å². The fourth-order valence-corrected chi connectivity index (χ4v) is 4.62. The number of rotatable bonds is 7. The number of benzene rings is 1. The molecule has 1 saturated heterocycles. The number of carbonyl (C=O) groups is 1. The number of fused-ring (bicyclic) bond motifs is 1. The number of aliphatic hydroxyl groups is 1. The second-order valence-electron chi connectivity index (χ2n) is 9.01. The molecule has 1 aliphatic heterocycles. The quantitative estimate of drug-likeness (QED) is 0.506. The van der Waals surface area contributed by atoms with E-state index in [1.54, 1.807) is 31.3 Å². The fraction of sp³-hybridized carbons (Fsp3) is 0.458. The molecule has 4 rings (SSSR count). The normalized spacial score (nSPS) is 18.7. The zero-order valence-corrected chi connectivity index (χ0v) is 19.3. The molecule has 1 aliphatic rings. The van der Waals surface area contributed by atoms with Gasteiger partial charge in [0.1, 0.15) is 11.6 Å². The number of amides is 1. The highest BCUT2D eigenvalue weighted by Gasteiger charge is 2.38. The molecular weight excluding hydrogens is 466 g/mol. The van der Waals surface area contributed by atoms with Crippen LogP contribution in [0.3, 0.4) is 0 Å². The third-order valence-corrected chi connectivity index (χ3v) is 6.23. The maximum atomic E-state index is 13.5. The molecule has 0 spiro atoms. The Hall–Kier alpha value is -3.21. The second-order valence-corrected chi connectivity index (χ2v) is 9.01. The Bertz CT molecular complexity index is 1180. The lowest BCUT2D eigenvalue weighted by atomic mass is 9.92. The predicted octanol–water partition coefficient (Wildman–Crippen LogP) is 3.86. The summed E-state index contributed by atoms with van der Waals surface area (Å²) < 4.78 is 54.7. The molecule has 1 amide bonds. The number of anilines is 1. The van der Waals surface area contributed by atoms with Crippen molar-refractivity contribution in [3.05, 3.63) is 54.2 Å². The van der Waals surface area contributed by atoms with Gasteiger partial charge in [0, 0.05) is 33.1 Å². The van der Waals surface area contributed by atoms with Crippen LogP contribution in [0.15, 0.2) is 42.6 Å². The smallest absolute Gasteiger partial charge is 0.386 e. The summed E-state index contributed by atoms with van der Waals surface area (Å²) in [5.74, 6) is -1.15. The van der Waals surface area contributed by atoms with Crippen LogP contribution < -0.4 is 4.90 Å². The number of carbonyl (C=O) groups excluding carboxylic acids is 1. The van der Waals surface area contributed by atoms with Gasteiger partial charge in [-0.25, -0.2) is 14.4 Å². The van der Waals surface area contributed by atoms with E-state index < -0.39 is 23.4 Å². The largest absolute Gasteiger partial charge is 0.449 e. The average molecular weight is 494 g/mol. The minimum atomic E-state index is -4.60. The first kappa shape index (κ1) is 24.9. The van der Waals surface area contributed by atoms with E-state index in [-0.39, 0.29) is 43.9 Å². The van der Waals surface area contributed by atoms with Crippen LogP contribution in [0.4, 0.5) is 23.4 Å². The van der Waals surface area contributed by atoms with Gasteiger partial charge in [0.15, 0.2) is 0 Å². The van der Waals surface area contributed by atoms with Crippen LogP contribution in [0.5, 0.6) is 0 Å². The Kier molecular flexibility index (Phi) is 6.98. The second kappa shape index (κ2) is 9.80. The number of piperidine rings is 1. The predicted molar refractivity (Wildman–Crippen MR) is 122 cm³/mol. The van der Waals surface area contributed by atoms with Crippen LogP contribution in [0.25, 0.3) is 11.0 Å². The maximum absolute atomic E-state index is 13.5. The third kappa shape index (κ3) is 5.72. The summed E-state index contributed by atoms with van der Waals surface area (Å²) in [7, 11) is 1.57. The minimum absolute atomic E-state index is 0.0107. The van der Waals surface area contributed by atoms with Gasteiger partial charge in [0.25, 0.3) is 0 Å². The number of imidazole rings is 1. The van der Waals surface area contributed by atoms with Gasteiger partial charge in [-0.2, -0.15) is 13.2 Å². The molecule has 0 aliphatic carbocycles. The molecule has 11 heteroatoms. The van der Waals surface area contributed by atoms with Crippen molar-refractivity contribution in [2.45, 2.75) is 44.0 Å². The highest BCUT2D eigenvalue weighted by Crippen LogP contribution is 2.32.